The number of hydrogen-bond acceptors (Lipinski definition) is 3. The predicted octanol–water partition coefficient (Wildman–Crippen LogP) is -1.12. The Morgan fingerprint density at radius 3 is 2.00 bits per heavy atom. The van der Waals surface area contributed by atoms with Gasteiger partial charge < -0.3 is 10.9 Å². The SMILES string of the molecule is C[N+](N)([O-])C(N)=O. The van der Waals surface area contributed by atoms with Crippen molar-refractivity contribution in [2.75, 3.05) is 7.05 Å². The van der Waals surface area contributed by atoms with Gasteiger partial charge in [0.25, 0.3) is 0 Å². The summed E-state index contributed by atoms with van der Waals surface area (Å²) in [6, 6.07) is -1.10. The van der Waals surface area contributed by atoms with Gasteiger partial charge in [0.1, 0.15) is 0 Å². The van der Waals surface area contributed by atoms with E-state index in [9.17, 15) is 10.0 Å². The van der Waals surface area contributed by atoms with Crippen LogP contribution in [0.3, 0.4) is 0 Å². The smallest absolute Gasteiger partial charge is 0.433 e. The van der Waals surface area contributed by atoms with Gasteiger partial charge in [0.05, 0.1) is 7.05 Å². The first-order chi connectivity index (χ1) is 2.94. The number of nitrogens with two attached hydrogens (primary N) is 2. The number of hydrogen-bond donors (Lipinski definition) is 2. The number of nitrogens with zero attached hydrogens (tertiary/aromatic N) is 1. The lowest BCUT2D eigenvalue weighted by Gasteiger charge is -2.24. The van der Waals surface area contributed by atoms with Crippen LogP contribution in [0.4, 0.5) is 4.79 Å². The molecule has 0 radical (unpaired) electrons. The Bertz CT molecular complexity index is 83.4. The monoisotopic (exact) mass is 105 g/mol. The highest BCUT2D eigenvalue weighted by molar-refractivity contribution is 5.63. The molecule has 42 valence electrons. The van der Waals surface area contributed by atoms with Gasteiger partial charge >= 0.3 is 6.03 Å². The van der Waals surface area contributed by atoms with Crippen molar-refractivity contribution in [3.8, 4) is 0 Å². The molecule has 2 amide bonds. The number of urea groups is 1. The quantitative estimate of drug-likeness (QED) is 0.177. The van der Waals surface area contributed by atoms with Gasteiger partial charge in [0.2, 0.25) is 0 Å². The molecule has 7 heavy (non-hydrogen) atoms. The molecule has 4 N–H and O–H groups in total. The number of hydroxylamine groups is 2. The van der Waals surface area contributed by atoms with Crippen LogP contribution in [0.2, 0.25) is 0 Å². The van der Waals surface area contributed by atoms with Crippen LogP contribution < -0.4 is 11.6 Å². The van der Waals surface area contributed by atoms with Crippen molar-refractivity contribution >= 4 is 6.03 Å². The second kappa shape index (κ2) is 1.45. The van der Waals surface area contributed by atoms with Crippen LogP contribution in [0, 0.1) is 5.21 Å². The first kappa shape index (κ1) is 6.35. The van der Waals surface area contributed by atoms with E-state index in [1.165, 1.54) is 0 Å². The molecule has 0 aliphatic rings. The summed E-state index contributed by atoms with van der Waals surface area (Å²) in [6.45, 7) is 0. The summed E-state index contributed by atoms with van der Waals surface area (Å²) in [4.78, 5) is 9.78. The molecule has 0 aliphatic heterocycles. The van der Waals surface area contributed by atoms with Gasteiger partial charge in [-0.1, -0.05) is 0 Å². The van der Waals surface area contributed by atoms with E-state index in [-0.39, 0.29) is 0 Å². The van der Waals surface area contributed by atoms with Crippen molar-refractivity contribution in [3.05, 3.63) is 5.21 Å². The van der Waals surface area contributed by atoms with Crippen LogP contribution in [-0.2, 0) is 0 Å². The normalized spacial score (nSPS) is 18.1. The summed E-state index contributed by atoms with van der Waals surface area (Å²) < 4.78 is -1.56. The van der Waals surface area contributed by atoms with Crippen molar-refractivity contribution in [3.63, 3.8) is 0 Å². The minimum absolute atomic E-state index is 0.947. The van der Waals surface area contributed by atoms with Gasteiger partial charge in [-0.3, -0.25) is 0 Å². The van der Waals surface area contributed by atoms with Crippen LogP contribution >= 0.6 is 0 Å². The fraction of sp³-hybridized carbons (Fsp3) is 0.500. The van der Waals surface area contributed by atoms with Gasteiger partial charge in [-0.2, -0.15) is 5.84 Å². The molecule has 1 atom stereocenters. The highest BCUT2D eigenvalue weighted by Crippen LogP contribution is 1.81. The van der Waals surface area contributed by atoms with E-state index in [1.54, 1.807) is 0 Å². The first-order valence-corrected chi connectivity index (χ1v) is 1.60. The van der Waals surface area contributed by atoms with Crippen LogP contribution in [-0.4, -0.2) is 17.8 Å². The molecule has 0 bridgehead atoms. The molecule has 0 aromatic rings. The van der Waals surface area contributed by atoms with Crippen molar-refractivity contribution in [2.45, 2.75) is 0 Å². The Labute approximate surface area is 40.6 Å². The third-order valence-electron chi connectivity index (χ3n) is 0.438. The van der Waals surface area contributed by atoms with E-state index < -0.39 is 10.8 Å². The molecular formula is C2H7N3O2. The summed E-state index contributed by atoms with van der Waals surface area (Å²) in [5.41, 5.74) is 4.47. The zero-order chi connectivity index (χ0) is 6.08. The fourth-order valence-electron chi connectivity index (χ4n) is 0. The maximum Gasteiger partial charge on any atom is 0.433 e. The highest BCUT2D eigenvalue weighted by atomic mass is 16.6. The van der Waals surface area contributed by atoms with Crippen LogP contribution in [0.25, 0.3) is 0 Å². The van der Waals surface area contributed by atoms with Gasteiger partial charge in [-0.25, -0.2) is 9.55 Å². The molecule has 0 fully saturated rings. The van der Waals surface area contributed by atoms with Crippen molar-refractivity contribution in [1.29, 1.82) is 0 Å². The molecule has 0 aromatic carbocycles. The molecule has 0 saturated carbocycles. The first-order valence-electron chi connectivity index (χ1n) is 1.60. The van der Waals surface area contributed by atoms with Crippen molar-refractivity contribution in [2.24, 2.45) is 11.6 Å². The second-order valence-electron chi connectivity index (χ2n) is 1.33. The molecule has 0 saturated heterocycles. The molecule has 1 unspecified atom stereocenters. The predicted molar refractivity (Wildman–Crippen MR) is 23.3 cm³/mol. The number of quaternary nitrogens is 1. The number of primary amides is 1. The number of rotatable bonds is 0. The van der Waals surface area contributed by atoms with Gasteiger partial charge in [-0.15, -0.1) is 0 Å². The Hall–Kier alpha value is -0.650. The van der Waals surface area contributed by atoms with Gasteiger partial charge in [0, 0.05) is 0 Å². The lowest BCUT2D eigenvalue weighted by Crippen LogP contribution is -2.53. The lowest BCUT2D eigenvalue weighted by atomic mass is 11.0. The maximum absolute atomic E-state index is 10.0. The van der Waals surface area contributed by atoms with Crippen LogP contribution in [0.15, 0.2) is 0 Å². The summed E-state index contributed by atoms with van der Waals surface area (Å²) in [6.07, 6.45) is 0. The summed E-state index contributed by atoms with van der Waals surface area (Å²) >= 11 is 0. The highest BCUT2D eigenvalue weighted by Gasteiger charge is 2.09. The van der Waals surface area contributed by atoms with E-state index in [0.717, 1.165) is 7.05 Å². The Morgan fingerprint density at radius 1 is 1.86 bits per heavy atom. The van der Waals surface area contributed by atoms with E-state index in [1.807, 2.05) is 0 Å². The molecular weight excluding hydrogens is 98.0 g/mol. The Balaban J connectivity index is 3.79. The number of carbonyl (C=O) groups is 1. The summed E-state index contributed by atoms with van der Waals surface area (Å²) in [5, 5.41) is 10.0. The average Bonchev–Trinajstić information content (AvgIpc) is 1.31. The topological polar surface area (TPSA) is 92.2 Å². The molecule has 0 heterocycles. The maximum atomic E-state index is 10.0. The minimum Gasteiger partial charge on any atom is -0.603 e. The second-order valence-corrected chi connectivity index (χ2v) is 1.33. The standard InChI is InChI=1S/C2H7N3O2/c1-5(4,7)2(3)6/h4H2,1H3,(H2,3,6). The molecule has 0 aromatic heterocycles. The largest absolute Gasteiger partial charge is 0.603 e. The third kappa shape index (κ3) is 2.10. The van der Waals surface area contributed by atoms with Crippen molar-refractivity contribution < 1.29 is 9.55 Å². The Morgan fingerprint density at radius 2 is 2.00 bits per heavy atom. The van der Waals surface area contributed by atoms with E-state index in [4.69, 9.17) is 0 Å². The van der Waals surface area contributed by atoms with E-state index in [0.29, 0.717) is 0 Å². The van der Waals surface area contributed by atoms with Gasteiger partial charge in [0.15, 0.2) is 0 Å². The summed E-state index contributed by atoms with van der Waals surface area (Å²) in [7, 11) is 0.947. The average molecular weight is 105 g/mol. The summed E-state index contributed by atoms with van der Waals surface area (Å²) in [5.74, 6) is 4.59. The minimum atomic E-state index is -1.56. The van der Waals surface area contributed by atoms with Crippen LogP contribution in [0.5, 0.6) is 0 Å². The Kier molecular flexibility index (Phi) is 1.32. The lowest BCUT2D eigenvalue weighted by molar-refractivity contribution is -0.788. The van der Waals surface area contributed by atoms with E-state index in [2.05, 4.69) is 11.6 Å². The molecule has 0 spiro atoms. The third-order valence-corrected chi connectivity index (χ3v) is 0.438. The zero-order valence-corrected chi connectivity index (χ0v) is 3.92. The molecule has 0 aliphatic carbocycles. The van der Waals surface area contributed by atoms with Crippen LogP contribution in [0.1, 0.15) is 0 Å². The number of amides is 2. The molecule has 5 nitrogen and oxygen atoms in total. The fourth-order valence-corrected chi connectivity index (χ4v) is 0. The van der Waals surface area contributed by atoms with E-state index >= 15 is 0 Å². The zero-order valence-electron chi connectivity index (χ0n) is 3.92. The molecule has 0 rings (SSSR count). The molecule has 5 heteroatoms. The van der Waals surface area contributed by atoms with Gasteiger partial charge in [-0.05, 0) is 0 Å². The number of carbonyl (C=O) groups excluding carboxylic acids is 1. The van der Waals surface area contributed by atoms with Crippen molar-refractivity contribution in [1.82, 2.24) is 0 Å².